The molecule has 4 heteroatoms. The van der Waals surface area contributed by atoms with E-state index in [2.05, 4.69) is 37.9 Å². The van der Waals surface area contributed by atoms with Crippen LogP contribution < -0.4 is 5.73 Å². The normalized spacial score (nSPS) is 16.0. The Labute approximate surface area is 150 Å². The maximum Gasteiger partial charge on any atom is 0.254 e. The first-order chi connectivity index (χ1) is 11.9. The van der Waals surface area contributed by atoms with E-state index in [1.807, 2.05) is 23.2 Å². The van der Waals surface area contributed by atoms with E-state index in [1.54, 1.807) is 6.20 Å². The van der Waals surface area contributed by atoms with Crippen LogP contribution in [-0.4, -0.2) is 27.9 Å². The van der Waals surface area contributed by atoms with E-state index in [0.717, 1.165) is 30.4 Å². The third-order valence-electron chi connectivity index (χ3n) is 5.26. The number of aromatic nitrogens is 1. The van der Waals surface area contributed by atoms with Gasteiger partial charge >= 0.3 is 0 Å². The summed E-state index contributed by atoms with van der Waals surface area (Å²) in [6.45, 7) is 7.63. The predicted molar refractivity (Wildman–Crippen MR) is 100 cm³/mol. The second kappa shape index (κ2) is 6.96. The summed E-state index contributed by atoms with van der Waals surface area (Å²) in [4.78, 5) is 18.7. The van der Waals surface area contributed by atoms with Crippen molar-refractivity contribution in [2.45, 2.75) is 52.1 Å². The molecule has 4 nitrogen and oxygen atoms in total. The quantitative estimate of drug-likeness (QED) is 0.879. The van der Waals surface area contributed by atoms with Crippen molar-refractivity contribution in [3.8, 4) is 0 Å². The fourth-order valence-corrected chi connectivity index (χ4v) is 3.33. The highest BCUT2D eigenvalue weighted by molar-refractivity contribution is 5.98. The van der Waals surface area contributed by atoms with Gasteiger partial charge in [-0.3, -0.25) is 9.78 Å². The lowest BCUT2D eigenvalue weighted by Crippen LogP contribution is -2.41. The summed E-state index contributed by atoms with van der Waals surface area (Å²) in [5, 5.41) is 0. The van der Waals surface area contributed by atoms with Crippen molar-refractivity contribution < 1.29 is 4.79 Å². The zero-order valence-electron chi connectivity index (χ0n) is 15.4. The standard InChI is InChI=1S/C21H27N3O/c1-15-11-18-14-24(20(25)19(18)12-16(15)2)10-8-21(3,22)7-6-17-5-4-9-23-13-17/h4-5,9,11-13H,6-8,10,14,22H2,1-3H3. The van der Waals surface area contributed by atoms with E-state index < -0.39 is 0 Å². The van der Waals surface area contributed by atoms with E-state index >= 15 is 0 Å². The number of hydrogen-bond acceptors (Lipinski definition) is 3. The fraction of sp³-hybridized carbons (Fsp3) is 0.429. The minimum absolute atomic E-state index is 0.140. The van der Waals surface area contributed by atoms with Gasteiger partial charge in [-0.15, -0.1) is 0 Å². The highest BCUT2D eigenvalue weighted by atomic mass is 16.2. The Morgan fingerprint density at radius 3 is 2.72 bits per heavy atom. The number of carbonyl (C=O) groups excluding carboxylic acids is 1. The molecular formula is C21H27N3O. The molecule has 1 unspecified atom stereocenters. The topological polar surface area (TPSA) is 59.2 Å². The molecule has 0 radical (unpaired) electrons. The van der Waals surface area contributed by atoms with Crippen LogP contribution in [0.2, 0.25) is 0 Å². The van der Waals surface area contributed by atoms with Gasteiger partial charge < -0.3 is 10.6 Å². The zero-order valence-corrected chi connectivity index (χ0v) is 15.4. The smallest absolute Gasteiger partial charge is 0.254 e. The van der Waals surface area contributed by atoms with Crippen LogP contribution in [0.25, 0.3) is 0 Å². The summed E-state index contributed by atoms with van der Waals surface area (Å²) < 4.78 is 0. The molecule has 2 N–H and O–H groups in total. The summed E-state index contributed by atoms with van der Waals surface area (Å²) in [6.07, 6.45) is 6.26. The lowest BCUT2D eigenvalue weighted by molar-refractivity contribution is 0.0766. The molecule has 1 aromatic heterocycles. The van der Waals surface area contributed by atoms with Crippen LogP contribution in [0.4, 0.5) is 0 Å². The monoisotopic (exact) mass is 337 g/mol. The largest absolute Gasteiger partial charge is 0.334 e. The molecule has 1 atom stereocenters. The van der Waals surface area contributed by atoms with Crippen LogP contribution in [0.15, 0.2) is 36.7 Å². The van der Waals surface area contributed by atoms with Crippen molar-refractivity contribution in [1.29, 1.82) is 0 Å². The minimum Gasteiger partial charge on any atom is -0.334 e. The number of amides is 1. The molecule has 0 saturated carbocycles. The molecule has 2 aromatic rings. The van der Waals surface area contributed by atoms with Gasteiger partial charge in [0.15, 0.2) is 0 Å². The van der Waals surface area contributed by atoms with E-state index in [1.165, 1.54) is 16.7 Å². The maximum atomic E-state index is 12.6. The van der Waals surface area contributed by atoms with Crippen LogP contribution in [0.5, 0.6) is 0 Å². The van der Waals surface area contributed by atoms with Crippen LogP contribution in [-0.2, 0) is 13.0 Å². The maximum absolute atomic E-state index is 12.6. The van der Waals surface area contributed by atoms with Crippen molar-refractivity contribution in [2.75, 3.05) is 6.54 Å². The molecule has 25 heavy (non-hydrogen) atoms. The lowest BCUT2D eigenvalue weighted by atomic mass is 9.91. The SMILES string of the molecule is Cc1cc2c(cc1C)C(=O)N(CCC(C)(N)CCc1cccnc1)C2. The lowest BCUT2D eigenvalue weighted by Gasteiger charge is -2.27. The molecule has 1 aromatic carbocycles. The third-order valence-corrected chi connectivity index (χ3v) is 5.26. The first-order valence-electron chi connectivity index (χ1n) is 8.93. The van der Waals surface area contributed by atoms with Crippen LogP contribution in [0.1, 0.15) is 52.4 Å². The number of nitrogens with two attached hydrogens (primary N) is 1. The van der Waals surface area contributed by atoms with Crippen molar-refractivity contribution in [3.05, 3.63) is 64.5 Å². The molecule has 0 bridgehead atoms. The number of aryl methyl sites for hydroxylation is 3. The minimum atomic E-state index is -0.295. The fourth-order valence-electron chi connectivity index (χ4n) is 3.33. The Hall–Kier alpha value is -2.20. The van der Waals surface area contributed by atoms with Gasteiger partial charge in [0.05, 0.1) is 0 Å². The molecule has 0 aliphatic carbocycles. The first-order valence-corrected chi connectivity index (χ1v) is 8.93. The van der Waals surface area contributed by atoms with E-state index in [4.69, 9.17) is 5.73 Å². The van der Waals surface area contributed by atoms with E-state index in [-0.39, 0.29) is 11.4 Å². The van der Waals surface area contributed by atoms with Gasteiger partial charge in [0.2, 0.25) is 0 Å². The number of carbonyl (C=O) groups is 1. The van der Waals surface area contributed by atoms with Crippen molar-refractivity contribution in [2.24, 2.45) is 5.73 Å². The molecule has 1 amide bonds. The average molecular weight is 337 g/mol. The van der Waals surface area contributed by atoms with Crippen molar-refractivity contribution in [3.63, 3.8) is 0 Å². The number of rotatable bonds is 6. The van der Waals surface area contributed by atoms with Crippen LogP contribution >= 0.6 is 0 Å². The summed E-state index contributed by atoms with van der Waals surface area (Å²) in [7, 11) is 0. The Kier molecular flexibility index (Phi) is 4.91. The number of fused-ring (bicyclic) bond motifs is 1. The summed E-state index contributed by atoms with van der Waals surface area (Å²) in [5.74, 6) is 0.140. The summed E-state index contributed by atoms with van der Waals surface area (Å²) >= 11 is 0. The van der Waals surface area contributed by atoms with Gasteiger partial charge in [0, 0.05) is 36.6 Å². The number of benzene rings is 1. The Balaban J connectivity index is 1.57. The second-order valence-corrected chi connectivity index (χ2v) is 7.59. The van der Waals surface area contributed by atoms with Gasteiger partial charge in [-0.25, -0.2) is 0 Å². The molecule has 1 aliphatic heterocycles. The van der Waals surface area contributed by atoms with Gasteiger partial charge in [-0.2, -0.15) is 0 Å². The molecule has 0 fully saturated rings. The molecule has 1 aliphatic rings. The molecule has 2 heterocycles. The first kappa shape index (κ1) is 17.6. The van der Waals surface area contributed by atoms with Gasteiger partial charge in [0.25, 0.3) is 5.91 Å². The number of nitrogens with zero attached hydrogens (tertiary/aromatic N) is 2. The Morgan fingerprint density at radius 1 is 1.24 bits per heavy atom. The zero-order chi connectivity index (χ0) is 18.0. The summed E-state index contributed by atoms with van der Waals surface area (Å²) in [5.41, 5.74) is 11.8. The van der Waals surface area contributed by atoms with Gasteiger partial charge in [-0.05, 0) is 74.4 Å². The highest BCUT2D eigenvalue weighted by Crippen LogP contribution is 2.27. The van der Waals surface area contributed by atoms with E-state index in [0.29, 0.717) is 13.1 Å². The molecular weight excluding hydrogens is 310 g/mol. The van der Waals surface area contributed by atoms with Crippen molar-refractivity contribution in [1.82, 2.24) is 9.88 Å². The van der Waals surface area contributed by atoms with Crippen LogP contribution in [0.3, 0.4) is 0 Å². The highest BCUT2D eigenvalue weighted by Gasteiger charge is 2.29. The Morgan fingerprint density at radius 2 is 2.00 bits per heavy atom. The van der Waals surface area contributed by atoms with Gasteiger partial charge in [-0.1, -0.05) is 12.1 Å². The predicted octanol–water partition coefficient (Wildman–Crippen LogP) is 3.39. The third kappa shape index (κ3) is 4.07. The number of hydrogen-bond donors (Lipinski definition) is 1. The molecule has 0 saturated heterocycles. The Bertz CT molecular complexity index is 768. The molecule has 3 rings (SSSR count). The number of pyridine rings is 1. The van der Waals surface area contributed by atoms with Gasteiger partial charge in [0.1, 0.15) is 0 Å². The second-order valence-electron chi connectivity index (χ2n) is 7.59. The summed E-state index contributed by atoms with van der Waals surface area (Å²) in [6, 6.07) is 8.20. The van der Waals surface area contributed by atoms with E-state index in [9.17, 15) is 4.79 Å². The molecule has 0 spiro atoms. The van der Waals surface area contributed by atoms with Crippen LogP contribution in [0, 0.1) is 13.8 Å². The van der Waals surface area contributed by atoms with Crippen molar-refractivity contribution >= 4 is 5.91 Å². The molecule has 132 valence electrons. The average Bonchev–Trinajstić information content (AvgIpc) is 2.89.